The van der Waals surface area contributed by atoms with Gasteiger partial charge < -0.3 is 26.0 Å². The fraction of sp³-hybridized carbons (Fsp3) is 0.360. The van der Waals surface area contributed by atoms with E-state index >= 15 is 0 Å². The standard InChI is InChI=1S/C25H32N4O3/c1-4-17(3)23(29-25(32)28-19-9-7-8-16(2)12-19)24(31)27-20(15-30)13-18-14-26-22-11-6-5-10-21(18)22/h5-12,14,17,20,23,26,30H,4,13,15H2,1-3H3,(H,27,31)(H2,28,29,32)/t17-,20-,23-/m0/s1. The Hall–Kier alpha value is -3.32. The van der Waals surface area contributed by atoms with Crippen molar-refractivity contribution in [1.29, 1.82) is 0 Å². The summed E-state index contributed by atoms with van der Waals surface area (Å²) in [6.07, 6.45) is 3.10. The second-order valence-corrected chi connectivity index (χ2v) is 8.28. The minimum Gasteiger partial charge on any atom is -0.394 e. The maximum atomic E-state index is 13.1. The number of carbonyl (C=O) groups excluding carboxylic acids is 2. The minimum absolute atomic E-state index is 0.0781. The molecule has 0 saturated carbocycles. The Bertz CT molecular complexity index is 1060. The summed E-state index contributed by atoms with van der Waals surface area (Å²) >= 11 is 0. The zero-order valence-corrected chi connectivity index (χ0v) is 18.8. The third-order valence-corrected chi connectivity index (χ3v) is 5.77. The lowest BCUT2D eigenvalue weighted by Crippen LogP contribution is -2.54. The molecule has 3 atom stereocenters. The second kappa shape index (κ2) is 10.8. The van der Waals surface area contributed by atoms with Crippen molar-refractivity contribution in [3.05, 3.63) is 65.9 Å². The van der Waals surface area contributed by atoms with E-state index in [4.69, 9.17) is 0 Å². The normalized spacial score (nSPS) is 13.9. The first kappa shape index (κ1) is 23.3. The number of anilines is 1. The maximum Gasteiger partial charge on any atom is 0.319 e. The van der Waals surface area contributed by atoms with Crippen LogP contribution in [0.1, 0.15) is 31.4 Å². The average Bonchev–Trinajstić information content (AvgIpc) is 3.19. The van der Waals surface area contributed by atoms with Crippen LogP contribution in [0.25, 0.3) is 10.9 Å². The molecule has 170 valence electrons. The number of hydrogen-bond donors (Lipinski definition) is 5. The highest BCUT2D eigenvalue weighted by Crippen LogP contribution is 2.19. The molecule has 0 aliphatic rings. The number of amides is 3. The smallest absolute Gasteiger partial charge is 0.319 e. The molecule has 3 amide bonds. The van der Waals surface area contributed by atoms with Crippen LogP contribution in [0.2, 0.25) is 0 Å². The summed E-state index contributed by atoms with van der Waals surface area (Å²) in [5.41, 5.74) is 3.73. The number of aliphatic hydroxyl groups is 1. The van der Waals surface area contributed by atoms with Gasteiger partial charge in [-0.1, -0.05) is 50.6 Å². The van der Waals surface area contributed by atoms with Gasteiger partial charge >= 0.3 is 6.03 Å². The molecule has 7 heteroatoms. The average molecular weight is 437 g/mol. The number of benzene rings is 2. The zero-order chi connectivity index (χ0) is 23.1. The van der Waals surface area contributed by atoms with Gasteiger partial charge in [0.2, 0.25) is 5.91 Å². The second-order valence-electron chi connectivity index (χ2n) is 8.28. The summed E-state index contributed by atoms with van der Waals surface area (Å²) < 4.78 is 0. The molecule has 5 N–H and O–H groups in total. The van der Waals surface area contributed by atoms with Crippen molar-refractivity contribution in [3.8, 4) is 0 Å². The molecule has 3 aromatic rings. The van der Waals surface area contributed by atoms with E-state index in [0.29, 0.717) is 12.1 Å². The van der Waals surface area contributed by atoms with Gasteiger partial charge in [-0.15, -0.1) is 0 Å². The summed E-state index contributed by atoms with van der Waals surface area (Å²) in [7, 11) is 0. The van der Waals surface area contributed by atoms with Gasteiger partial charge in [0.05, 0.1) is 12.6 Å². The predicted octanol–water partition coefficient (Wildman–Crippen LogP) is 3.73. The van der Waals surface area contributed by atoms with Gasteiger partial charge in [0.25, 0.3) is 0 Å². The molecule has 1 aromatic heterocycles. The highest BCUT2D eigenvalue weighted by atomic mass is 16.3. The van der Waals surface area contributed by atoms with Crippen molar-refractivity contribution in [3.63, 3.8) is 0 Å². The molecule has 0 spiro atoms. The van der Waals surface area contributed by atoms with Crippen molar-refractivity contribution in [2.45, 2.75) is 45.7 Å². The van der Waals surface area contributed by atoms with Crippen molar-refractivity contribution < 1.29 is 14.7 Å². The molecule has 32 heavy (non-hydrogen) atoms. The fourth-order valence-electron chi connectivity index (χ4n) is 3.75. The van der Waals surface area contributed by atoms with Crippen molar-refractivity contribution >= 4 is 28.5 Å². The van der Waals surface area contributed by atoms with E-state index in [-0.39, 0.29) is 18.4 Å². The number of para-hydroxylation sites is 1. The number of rotatable bonds is 9. The Morgan fingerprint density at radius 1 is 1.09 bits per heavy atom. The molecule has 0 aliphatic heterocycles. The van der Waals surface area contributed by atoms with Crippen LogP contribution in [0.3, 0.4) is 0 Å². The summed E-state index contributed by atoms with van der Waals surface area (Å²) in [5, 5.41) is 19.5. The van der Waals surface area contributed by atoms with Gasteiger partial charge in [-0.05, 0) is 48.6 Å². The fourth-order valence-corrected chi connectivity index (χ4v) is 3.75. The van der Waals surface area contributed by atoms with Crippen molar-refractivity contribution in [1.82, 2.24) is 15.6 Å². The molecule has 0 bridgehead atoms. The lowest BCUT2D eigenvalue weighted by molar-refractivity contribution is -0.125. The van der Waals surface area contributed by atoms with E-state index in [9.17, 15) is 14.7 Å². The number of carbonyl (C=O) groups is 2. The van der Waals surface area contributed by atoms with Gasteiger partial charge in [0.15, 0.2) is 0 Å². The zero-order valence-electron chi connectivity index (χ0n) is 18.8. The molecule has 7 nitrogen and oxygen atoms in total. The van der Waals surface area contributed by atoms with Crippen LogP contribution in [0.4, 0.5) is 10.5 Å². The van der Waals surface area contributed by atoms with E-state index in [0.717, 1.165) is 28.5 Å². The van der Waals surface area contributed by atoms with E-state index in [1.807, 2.05) is 69.4 Å². The molecule has 1 heterocycles. The van der Waals surface area contributed by atoms with Gasteiger partial charge in [-0.25, -0.2) is 4.79 Å². The van der Waals surface area contributed by atoms with E-state index < -0.39 is 18.1 Å². The van der Waals surface area contributed by atoms with Crippen LogP contribution in [0.5, 0.6) is 0 Å². The Labute approximate surface area is 188 Å². The van der Waals surface area contributed by atoms with Crippen LogP contribution in [0, 0.1) is 12.8 Å². The molecule has 0 unspecified atom stereocenters. The highest BCUT2D eigenvalue weighted by molar-refractivity contribution is 5.94. The molecule has 0 fully saturated rings. The molecule has 0 aliphatic carbocycles. The topological polar surface area (TPSA) is 106 Å². The molecule has 0 radical (unpaired) electrons. The van der Waals surface area contributed by atoms with Crippen LogP contribution in [0.15, 0.2) is 54.7 Å². The number of aromatic amines is 1. The Morgan fingerprint density at radius 3 is 2.59 bits per heavy atom. The third kappa shape index (κ3) is 5.88. The summed E-state index contributed by atoms with van der Waals surface area (Å²) in [6, 6.07) is 13.8. The van der Waals surface area contributed by atoms with Crippen LogP contribution >= 0.6 is 0 Å². The molecule has 3 rings (SSSR count). The van der Waals surface area contributed by atoms with Crippen LogP contribution in [-0.2, 0) is 11.2 Å². The van der Waals surface area contributed by atoms with E-state index in [2.05, 4.69) is 20.9 Å². The lowest BCUT2D eigenvalue weighted by atomic mass is 9.97. The van der Waals surface area contributed by atoms with Crippen LogP contribution < -0.4 is 16.0 Å². The monoisotopic (exact) mass is 436 g/mol. The third-order valence-electron chi connectivity index (χ3n) is 5.77. The first-order valence-electron chi connectivity index (χ1n) is 11.0. The van der Waals surface area contributed by atoms with Crippen LogP contribution in [-0.4, -0.2) is 40.7 Å². The van der Waals surface area contributed by atoms with E-state index in [1.165, 1.54) is 0 Å². The summed E-state index contributed by atoms with van der Waals surface area (Å²) in [6.45, 7) is 5.64. The SMILES string of the molecule is CC[C@H](C)[C@H](NC(=O)Nc1cccc(C)c1)C(=O)N[C@H](CO)Cc1c[nH]c2ccccc12. The van der Waals surface area contributed by atoms with Gasteiger partial charge in [0, 0.05) is 22.8 Å². The Morgan fingerprint density at radius 2 is 1.88 bits per heavy atom. The quantitative estimate of drug-likeness (QED) is 0.353. The summed E-state index contributed by atoms with van der Waals surface area (Å²) in [5.74, 6) is -0.386. The Balaban J connectivity index is 1.66. The van der Waals surface area contributed by atoms with Gasteiger partial charge in [-0.2, -0.15) is 0 Å². The lowest BCUT2D eigenvalue weighted by Gasteiger charge is -2.26. The molecule has 0 saturated heterocycles. The Kier molecular flexibility index (Phi) is 7.89. The number of urea groups is 1. The van der Waals surface area contributed by atoms with Crippen molar-refractivity contribution in [2.75, 3.05) is 11.9 Å². The minimum atomic E-state index is -0.721. The number of hydrogen-bond acceptors (Lipinski definition) is 3. The number of aryl methyl sites for hydroxylation is 1. The predicted molar refractivity (Wildman–Crippen MR) is 128 cm³/mol. The van der Waals surface area contributed by atoms with Gasteiger partial charge in [-0.3, -0.25) is 4.79 Å². The molecule has 2 aromatic carbocycles. The first-order valence-corrected chi connectivity index (χ1v) is 11.0. The maximum absolute atomic E-state index is 13.1. The number of nitrogens with one attached hydrogen (secondary N) is 4. The number of aromatic nitrogens is 1. The largest absolute Gasteiger partial charge is 0.394 e. The number of fused-ring (bicyclic) bond motifs is 1. The van der Waals surface area contributed by atoms with E-state index in [1.54, 1.807) is 6.07 Å². The first-order chi connectivity index (χ1) is 15.4. The summed E-state index contributed by atoms with van der Waals surface area (Å²) in [4.78, 5) is 28.9. The molecular formula is C25H32N4O3. The number of H-pyrrole nitrogens is 1. The van der Waals surface area contributed by atoms with Crippen molar-refractivity contribution in [2.24, 2.45) is 5.92 Å². The highest BCUT2D eigenvalue weighted by Gasteiger charge is 2.28. The van der Waals surface area contributed by atoms with Gasteiger partial charge in [0.1, 0.15) is 6.04 Å². The molecular weight excluding hydrogens is 404 g/mol. The number of aliphatic hydroxyl groups excluding tert-OH is 1.